The molecule has 0 aliphatic rings. The lowest BCUT2D eigenvalue weighted by Gasteiger charge is -2.32. The Labute approximate surface area is 103 Å². The molecule has 0 aromatic carbocycles. The van der Waals surface area contributed by atoms with Gasteiger partial charge < -0.3 is 10.6 Å². The summed E-state index contributed by atoms with van der Waals surface area (Å²) in [5.74, 6) is 0. The average molecular weight is 240 g/mol. The quantitative estimate of drug-likeness (QED) is 0.794. The van der Waals surface area contributed by atoms with E-state index < -0.39 is 0 Å². The molecule has 0 radical (unpaired) electrons. The molecule has 0 aliphatic heterocycles. The Morgan fingerprint density at radius 3 is 2.75 bits per heavy atom. The maximum absolute atomic E-state index is 5.89. The molecular weight excluding hydrogens is 216 g/mol. The summed E-state index contributed by atoms with van der Waals surface area (Å²) in [5, 5.41) is 4.35. The van der Waals surface area contributed by atoms with Crippen LogP contribution in [-0.4, -0.2) is 25.0 Å². The summed E-state index contributed by atoms with van der Waals surface area (Å²) in [6, 6.07) is 2.20. The third kappa shape index (κ3) is 4.24. The summed E-state index contributed by atoms with van der Waals surface area (Å²) < 4.78 is 0. The molecule has 0 fully saturated rings. The molecule has 3 heteroatoms. The van der Waals surface area contributed by atoms with E-state index in [0.717, 1.165) is 19.6 Å². The molecule has 0 bridgehead atoms. The van der Waals surface area contributed by atoms with Crippen molar-refractivity contribution in [3.05, 3.63) is 22.4 Å². The van der Waals surface area contributed by atoms with E-state index in [1.54, 1.807) is 11.3 Å². The van der Waals surface area contributed by atoms with Crippen LogP contribution in [0.1, 0.15) is 32.3 Å². The monoisotopic (exact) mass is 240 g/mol. The van der Waals surface area contributed by atoms with Gasteiger partial charge in [0.1, 0.15) is 0 Å². The summed E-state index contributed by atoms with van der Waals surface area (Å²) in [7, 11) is 2.18. The first-order valence-corrected chi connectivity index (χ1v) is 6.93. The van der Waals surface area contributed by atoms with Crippen molar-refractivity contribution in [1.29, 1.82) is 0 Å². The summed E-state index contributed by atoms with van der Waals surface area (Å²) in [5.41, 5.74) is 7.56. The fourth-order valence-corrected chi connectivity index (χ4v) is 2.91. The molecule has 0 saturated heterocycles. The molecule has 0 amide bonds. The molecule has 92 valence electrons. The first-order chi connectivity index (χ1) is 7.59. The second kappa shape index (κ2) is 6.38. The van der Waals surface area contributed by atoms with Gasteiger partial charge in [-0.15, -0.1) is 0 Å². The standard InChI is InChI=1S/C13H24N2S/c1-4-6-13(2,10-14)11-15(3)8-12-5-7-16-9-12/h5,7,9H,4,6,8,10-11,14H2,1-3H3. The third-order valence-electron chi connectivity index (χ3n) is 3.03. The van der Waals surface area contributed by atoms with Crippen molar-refractivity contribution >= 4 is 11.3 Å². The highest BCUT2D eigenvalue weighted by molar-refractivity contribution is 7.07. The zero-order valence-electron chi connectivity index (χ0n) is 10.7. The topological polar surface area (TPSA) is 29.3 Å². The van der Waals surface area contributed by atoms with Gasteiger partial charge >= 0.3 is 0 Å². The third-order valence-corrected chi connectivity index (χ3v) is 3.76. The summed E-state index contributed by atoms with van der Waals surface area (Å²) in [6.45, 7) is 7.40. The van der Waals surface area contributed by atoms with Crippen molar-refractivity contribution in [3.8, 4) is 0 Å². The van der Waals surface area contributed by atoms with Crippen LogP contribution in [0.5, 0.6) is 0 Å². The highest BCUT2D eigenvalue weighted by atomic mass is 32.1. The van der Waals surface area contributed by atoms with E-state index in [9.17, 15) is 0 Å². The SMILES string of the molecule is CCCC(C)(CN)CN(C)Cc1ccsc1. The molecule has 0 saturated carbocycles. The number of thiophene rings is 1. The van der Waals surface area contributed by atoms with Crippen LogP contribution < -0.4 is 5.73 Å². The molecule has 0 spiro atoms. The predicted molar refractivity (Wildman–Crippen MR) is 72.7 cm³/mol. The average Bonchev–Trinajstić information content (AvgIpc) is 2.70. The van der Waals surface area contributed by atoms with Gasteiger partial charge in [-0.25, -0.2) is 0 Å². The van der Waals surface area contributed by atoms with Gasteiger partial charge in [-0.1, -0.05) is 20.3 Å². The maximum atomic E-state index is 5.89. The van der Waals surface area contributed by atoms with Crippen LogP contribution in [0.3, 0.4) is 0 Å². The smallest absolute Gasteiger partial charge is 0.0239 e. The molecule has 16 heavy (non-hydrogen) atoms. The van der Waals surface area contributed by atoms with Crippen LogP contribution in [0, 0.1) is 5.41 Å². The van der Waals surface area contributed by atoms with Crippen LogP contribution in [0.25, 0.3) is 0 Å². The molecule has 1 aromatic rings. The van der Waals surface area contributed by atoms with Gasteiger partial charge in [-0.05, 0) is 47.8 Å². The zero-order chi connectivity index (χ0) is 12.0. The molecule has 1 rings (SSSR count). The fraction of sp³-hybridized carbons (Fsp3) is 0.692. The molecule has 1 heterocycles. The first-order valence-electron chi connectivity index (χ1n) is 5.99. The minimum Gasteiger partial charge on any atom is -0.330 e. The Bertz CT molecular complexity index is 284. The lowest BCUT2D eigenvalue weighted by Crippen LogP contribution is -2.38. The van der Waals surface area contributed by atoms with Gasteiger partial charge in [-0.2, -0.15) is 11.3 Å². The highest BCUT2D eigenvalue weighted by Gasteiger charge is 2.23. The van der Waals surface area contributed by atoms with Crippen LogP contribution in [0.4, 0.5) is 0 Å². The molecule has 1 aromatic heterocycles. The van der Waals surface area contributed by atoms with Crippen molar-refractivity contribution in [2.75, 3.05) is 20.1 Å². The Hall–Kier alpha value is -0.380. The molecule has 1 unspecified atom stereocenters. The van der Waals surface area contributed by atoms with E-state index in [-0.39, 0.29) is 5.41 Å². The second-order valence-electron chi connectivity index (χ2n) is 5.07. The summed E-state index contributed by atoms with van der Waals surface area (Å²) in [6.07, 6.45) is 2.41. The Balaban J connectivity index is 2.45. The minimum absolute atomic E-state index is 0.263. The Morgan fingerprint density at radius 2 is 2.25 bits per heavy atom. The van der Waals surface area contributed by atoms with Crippen molar-refractivity contribution < 1.29 is 0 Å². The van der Waals surface area contributed by atoms with E-state index in [1.165, 1.54) is 18.4 Å². The Kier molecular flexibility index (Phi) is 5.46. The van der Waals surface area contributed by atoms with Gasteiger partial charge in [0.2, 0.25) is 0 Å². The van der Waals surface area contributed by atoms with Crippen molar-refractivity contribution in [2.24, 2.45) is 11.1 Å². The fourth-order valence-electron chi connectivity index (χ4n) is 2.25. The van der Waals surface area contributed by atoms with Crippen molar-refractivity contribution in [2.45, 2.75) is 33.2 Å². The Morgan fingerprint density at radius 1 is 1.50 bits per heavy atom. The second-order valence-corrected chi connectivity index (χ2v) is 5.85. The van der Waals surface area contributed by atoms with E-state index >= 15 is 0 Å². The largest absolute Gasteiger partial charge is 0.330 e. The molecule has 2 N–H and O–H groups in total. The number of nitrogens with two attached hydrogens (primary N) is 1. The van der Waals surface area contributed by atoms with Gasteiger partial charge in [0.25, 0.3) is 0 Å². The zero-order valence-corrected chi connectivity index (χ0v) is 11.5. The van der Waals surface area contributed by atoms with Crippen molar-refractivity contribution in [1.82, 2.24) is 4.90 Å². The van der Waals surface area contributed by atoms with Crippen LogP contribution in [-0.2, 0) is 6.54 Å². The normalized spacial score (nSPS) is 15.3. The lowest BCUT2D eigenvalue weighted by molar-refractivity contribution is 0.180. The van der Waals surface area contributed by atoms with Gasteiger partial charge in [0, 0.05) is 13.1 Å². The predicted octanol–water partition coefficient (Wildman–Crippen LogP) is 2.95. The number of rotatable bonds is 7. The van der Waals surface area contributed by atoms with Crippen LogP contribution in [0.15, 0.2) is 16.8 Å². The minimum atomic E-state index is 0.263. The molecule has 1 atom stereocenters. The highest BCUT2D eigenvalue weighted by Crippen LogP contribution is 2.23. The molecule has 2 nitrogen and oxygen atoms in total. The summed E-state index contributed by atoms with van der Waals surface area (Å²) in [4.78, 5) is 2.38. The van der Waals surface area contributed by atoms with Crippen LogP contribution in [0.2, 0.25) is 0 Å². The van der Waals surface area contributed by atoms with Gasteiger partial charge in [0.05, 0.1) is 0 Å². The van der Waals surface area contributed by atoms with Gasteiger partial charge in [-0.3, -0.25) is 0 Å². The van der Waals surface area contributed by atoms with E-state index in [0.29, 0.717) is 0 Å². The van der Waals surface area contributed by atoms with E-state index in [4.69, 9.17) is 5.73 Å². The van der Waals surface area contributed by atoms with Crippen LogP contribution >= 0.6 is 11.3 Å². The van der Waals surface area contributed by atoms with Crippen molar-refractivity contribution in [3.63, 3.8) is 0 Å². The number of hydrogen-bond donors (Lipinski definition) is 1. The van der Waals surface area contributed by atoms with E-state index in [2.05, 4.69) is 42.6 Å². The number of nitrogens with zero attached hydrogens (tertiary/aromatic N) is 1. The number of hydrogen-bond acceptors (Lipinski definition) is 3. The first kappa shape index (κ1) is 13.7. The molecular formula is C13H24N2S. The molecule has 0 aliphatic carbocycles. The maximum Gasteiger partial charge on any atom is 0.0239 e. The van der Waals surface area contributed by atoms with Gasteiger partial charge in [0.15, 0.2) is 0 Å². The lowest BCUT2D eigenvalue weighted by atomic mass is 9.85. The van der Waals surface area contributed by atoms with E-state index in [1.807, 2.05) is 0 Å². The summed E-state index contributed by atoms with van der Waals surface area (Å²) >= 11 is 1.76.